The van der Waals surface area contributed by atoms with Gasteiger partial charge in [-0.25, -0.2) is 0 Å². The highest BCUT2D eigenvalue weighted by atomic mass is 16.3. The number of benzene rings is 2. The molecule has 2 N–H and O–H groups in total. The first-order valence-electron chi connectivity index (χ1n) is 8.95. The predicted octanol–water partition coefficient (Wildman–Crippen LogP) is 3.54. The number of phenolic OH excluding ortho intramolecular Hbond substituents is 1. The summed E-state index contributed by atoms with van der Waals surface area (Å²) >= 11 is 0. The maximum Gasteiger partial charge on any atom is 0.257 e. The van der Waals surface area contributed by atoms with Gasteiger partial charge in [-0.05, 0) is 42.4 Å². The van der Waals surface area contributed by atoms with Gasteiger partial charge in [-0.2, -0.15) is 0 Å². The van der Waals surface area contributed by atoms with Crippen LogP contribution in [0.5, 0.6) is 5.75 Å². The Hall–Kier alpha value is -2.33. The average molecular weight is 339 g/mol. The van der Waals surface area contributed by atoms with Crippen LogP contribution in [0.4, 0.5) is 0 Å². The number of aliphatic hydroxyl groups excluding tert-OH is 1. The van der Waals surface area contributed by atoms with Crippen LogP contribution >= 0.6 is 0 Å². The monoisotopic (exact) mass is 339 g/mol. The van der Waals surface area contributed by atoms with Gasteiger partial charge < -0.3 is 15.1 Å². The number of aromatic hydroxyl groups is 1. The topological polar surface area (TPSA) is 60.8 Å². The van der Waals surface area contributed by atoms with E-state index in [1.807, 2.05) is 49.4 Å². The second-order valence-electron chi connectivity index (χ2n) is 6.65. The molecule has 2 aromatic carbocycles. The zero-order valence-corrected chi connectivity index (χ0v) is 14.6. The minimum Gasteiger partial charge on any atom is -0.507 e. The van der Waals surface area contributed by atoms with Crippen LogP contribution in [-0.2, 0) is 6.42 Å². The Morgan fingerprint density at radius 2 is 1.80 bits per heavy atom. The number of piperidine rings is 1. The number of amides is 1. The van der Waals surface area contributed by atoms with Crippen LogP contribution < -0.4 is 0 Å². The van der Waals surface area contributed by atoms with Crippen molar-refractivity contribution in [2.24, 2.45) is 5.92 Å². The summed E-state index contributed by atoms with van der Waals surface area (Å²) < 4.78 is 0. The van der Waals surface area contributed by atoms with E-state index in [1.54, 1.807) is 11.0 Å². The molecule has 3 rings (SSSR count). The van der Waals surface area contributed by atoms with Crippen LogP contribution in [0.2, 0.25) is 0 Å². The molecule has 1 atom stereocenters. The van der Waals surface area contributed by atoms with Gasteiger partial charge in [-0.1, -0.05) is 49.4 Å². The Morgan fingerprint density at radius 1 is 1.12 bits per heavy atom. The molecule has 0 bridgehead atoms. The van der Waals surface area contributed by atoms with Crippen molar-refractivity contribution in [3.63, 3.8) is 0 Å². The fourth-order valence-electron chi connectivity index (χ4n) is 3.56. The SMILES string of the molecule is CCc1cccc(C(=O)N2CCC(C(O)c3ccccc3)CC2)c1O. The normalized spacial score (nSPS) is 16.6. The molecule has 0 saturated carbocycles. The summed E-state index contributed by atoms with van der Waals surface area (Å²) in [5, 5.41) is 20.8. The van der Waals surface area contributed by atoms with Gasteiger partial charge in [0.2, 0.25) is 0 Å². The van der Waals surface area contributed by atoms with Crippen molar-refractivity contribution >= 4 is 5.91 Å². The maximum atomic E-state index is 12.7. The number of carbonyl (C=O) groups is 1. The summed E-state index contributed by atoms with van der Waals surface area (Å²) in [4.78, 5) is 14.5. The van der Waals surface area contributed by atoms with Crippen molar-refractivity contribution in [2.45, 2.75) is 32.3 Å². The molecular weight excluding hydrogens is 314 g/mol. The lowest BCUT2D eigenvalue weighted by molar-refractivity contribution is 0.0460. The number of nitrogens with zero attached hydrogens (tertiary/aromatic N) is 1. The number of carbonyl (C=O) groups excluding carboxylic acids is 1. The zero-order chi connectivity index (χ0) is 17.8. The summed E-state index contributed by atoms with van der Waals surface area (Å²) in [6, 6.07) is 15.0. The van der Waals surface area contributed by atoms with E-state index in [1.165, 1.54) is 0 Å². The number of likely N-dealkylation sites (tertiary alicyclic amines) is 1. The van der Waals surface area contributed by atoms with E-state index in [2.05, 4.69) is 0 Å². The molecule has 1 saturated heterocycles. The molecule has 1 unspecified atom stereocenters. The smallest absolute Gasteiger partial charge is 0.257 e. The number of aryl methyl sites for hydroxylation is 1. The summed E-state index contributed by atoms with van der Waals surface area (Å²) in [7, 11) is 0. The second kappa shape index (κ2) is 7.70. The maximum absolute atomic E-state index is 12.7. The molecule has 0 spiro atoms. The molecule has 4 nitrogen and oxygen atoms in total. The fraction of sp³-hybridized carbons (Fsp3) is 0.381. The third-order valence-corrected chi connectivity index (χ3v) is 5.15. The van der Waals surface area contributed by atoms with E-state index in [4.69, 9.17) is 0 Å². The quantitative estimate of drug-likeness (QED) is 0.896. The fourth-order valence-corrected chi connectivity index (χ4v) is 3.56. The lowest BCUT2D eigenvalue weighted by Crippen LogP contribution is -2.39. The van der Waals surface area contributed by atoms with Crippen LogP contribution in [0, 0.1) is 5.92 Å². The van der Waals surface area contributed by atoms with Gasteiger partial charge in [0, 0.05) is 13.1 Å². The highest BCUT2D eigenvalue weighted by Crippen LogP contribution is 2.32. The first kappa shape index (κ1) is 17.5. The van der Waals surface area contributed by atoms with E-state index in [9.17, 15) is 15.0 Å². The number of rotatable bonds is 4. The van der Waals surface area contributed by atoms with E-state index in [-0.39, 0.29) is 17.6 Å². The first-order valence-corrected chi connectivity index (χ1v) is 8.95. The standard InChI is InChI=1S/C21H25NO3/c1-2-15-9-6-10-18(20(15)24)21(25)22-13-11-17(12-14-22)19(23)16-7-4-3-5-8-16/h3-10,17,19,23-24H,2,11-14H2,1H3. The number of hydrogen-bond acceptors (Lipinski definition) is 3. The highest BCUT2D eigenvalue weighted by molar-refractivity contribution is 5.97. The summed E-state index contributed by atoms with van der Waals surface area (Å²) in [5.74, 6) is 0.129. The Bertz CT molecular complexity index is 721. The Kier molecular flexibility index (Phi) is 5.39. The molecule has 132 valence electrons. The van der Waals surface area contributed by atoms with Crippen LogP contribution in [0.3, 0.4) is 0 Å². The van der Waals surface area contributed by atoms with Crippen LogP contribution in [-0.4, -0.2) is 34.1 Å². The van der Waals surface area contributed by atoms with E-state index < -0.39 is 6.10 Å². The number of para-hydroxylation sites is 1. The molecule has 25 heavy (non-hydrogen) atoms. The van der Waals surface area contributed by atoms with E-state index in [0.717, 1.165) is 24.0 Å². The molecule has 1 fully saturated rings. The van der Waals surface area contributed by atoms with Gasteiger partial charge in [-0.3, -0.25) is 4.79 Å². The molecule has 1 amide bonds. The Morgan fingerprint density at radius 3 is 2.44 bits per heavy atom. The molecule has 1 aliphatic rings. The van der Waals surface area contributed by atoms with Gasteiger partial charge in [0.05, 0.1) is 11.7 Å². The molecule has 0 aromatic heterocycles. The van der Waals surface area contributed by atoms with Gasteiger partial charge in [0.1, 0.15) is 5.75 Å². The summed E-state index contributed by atoms with van der Waals surface area (Å²) in [6.45, 7) is 3.16. The number of aliphatic hydroxyl groups is 1. The lowest BCUT2D eigenvalue weighted by atomic mass is 9.87. The summed E-state index contributed by atoms with van der Waals surface area (Å²) in [5.41, 5.74) is 2.10. The van der Waals surface area contributed by atoms with Crippen molar-refractivity contribution in [1.82, 2.24) is 4.90 Å². The van der Waals surface area contributed by atoms with Crippen LogP contribution in [0.1, 0.15) is 47.4 Å². The molecule has 1 heterocycles. The van der Waals surface area contributed by atoms with Crippen molar-refractivity contribution in [1.29, 1.82) is 0 Å². The lowest BCUT2D eigenvalue weighted by Gasteiger charge is -2.34. The average Bonchev–Trinajstić information content (AvgIpc) is 2.68. The van der Waals surface area contributed by atoms with Gasteiger partial charge in [-0.15, -0.1) is 0 Å². The Labute approximate surface area is 148 Å². The second-order valence-corrected chi connectivity index (χ2v) is 6.65. The predicted molar refractivity (Wildman–Crippen MR) is 97.5 cm³/mol. The van der Waals surface area contributed by atoms with Crippen molar-refractivity contribution in [3.05, 3.63) is 65.2 Å². The molecule has 0 aliphatic carbocycles. The molecular formula is C21H25NO3. The molecule has 4 heteroatoms. The minimum atomic E-state index is -0.490. The van der Waals surface area contributed by atoms with Gasteiger partial charge >= 0.3 is 0 Å². The van der Waals surface area contributed by atoms with Gasteiger partial charge in [0.15, 0.2) is 0 Å². The third kappa shape index (κ3) is 3.69. The van der Waals surface area contributed by atoms with Crippen molar-refractivity contribution in [2.75, 3.05) is 13.1 Å². The van der Waals surface area contributed by atoms with Crippen molar-refractivity contribution in [3.8, 4) is 5.75 Å². The van der Waals surface area contributed by atoms with E-state index >= 15 is 0 Å². The Balaban J connectivity index is 1.65. The minimum absolute atomic E-state index is 0.0986. The van der Waals surface area contributed by atoms with Crippen LogP contribution in [0.25, 0.3) is 0 Å². The molecule has 2 aromatic rings. The van der Waals surface area contributed by atoms with E-state index in [0.29, 0.717) is 25.1 Å². The zero-order valence-electron chi connectivity index (χ0n) is 14.6. The number of hydrogen-bond donors (Lipinski definition) is 2. The van der Waals surface area contributed by atoms with Gasteiger partial charge in [0.25, 0.3) is 5.91 Å². The highest BCUT2D eigenvalue weighted by Gasteiger charge is 2.29. The molecule has 0 radical (unpaired) electrons. The first-order chi connectivity index (χ1) is 12.1. The van der Waals surface area contributed by atoms with Crippen molar-refractivity contribution < 1.29 is 15.0 Å². The van der Waals surface area contributed by atoms with Crippen LogP contribution in [0.15, 0.2) is 48.5 Å². The molecule has 1 aliphatic heterocycles. The summed E-state index contributed by atoms with van der Waals surface area (Å²) in [6.07, 6.45) is 1.72. The largest absolute Gasteiger partial charge is 0.507 e. The number of phenols is 1. The third-order valence-electron chi connectivity index (χ3n) is 5.15.